The van der Waals surface area contributed by atoms with Crippen LogP contribution < -0.4 is 10.1 Å². The minimum atomic E-state index is 0.0222. The van der Waals surface area contributed by atoms with E-state index in [0.717, 1.165) is 53.9 Å². The molecule has 1 aliphatic rings. The van der Waals surface area contributed by atoms with E-state index in [2.05, 4.69) is 25.1 Å². The van der Waals surface area contributed by atoms with Gasteiger partial charge in [-0.2, -0.15) is 0 Å². The molecule has 0 saturated heterocycles. The lowest BCUT2D eigenvalue weighted by Gasteiger charge is -2.16. The second-order valence-corrected chi connectivity index (χ2v) is 7.91. The lowest BCUT2D eigenvalue weighted by atomic mass is 10.1. The number of para-hydroxylation sites is 1. The standard InChI is InChI=1S/C20H23N5O2S/c1-14-21-17(13-28-14)20-24-23-18-8-7-15(9-11-25(18)20)22-19(26)10-12-27-16-5-3-2-4-6-16/h2-6,13,15H,7-12H2,1H3,(H,22,26). The smallest absolute Gasteiger partial charge is 0.223 e. The van der Waals surface area contributed by atoms with Crippen molar-refractivity contribution in [2.24, 2.45) is 0 Å². The van der Waals surface area contributed by atoms with Crippen LogP contribution in [0.4, 0.5) is 0 Å². The Morgan fingerprint density at radius 1 is 1.29 bits per heavy atom. The van der Waals surface area contributed by atoms with Gasteiger partial charge in [0.15, 0.2) is 5.82 Å². The fourth-order valence-corrected chi connectivity index (χ4v) is 3.96. The normalized spacial score (nSPS) is 16.2. The highest BCUT2D eigenvalue weighted by Crippen LogP contribution is 2.24. The van der Waals surface area contributed by atoms with Gasteiger partial charge in [0, 0.05) is 24.4 Å². The number of amides is 1. The summed E-state index contributed by atoms with van der Waals surface area (Å²) >= 11 is 1.61. The number of fused-ring (bicyclic) bond motifs is 1. The van der Waals surface area contributed by atoms with E-state index in [4.69, 9.17) is 4.74 Å². The molecule has 146 valence electrons. The van der Waals surface area contributed by atoms with E-state index in [-0.39, 0.29) is 11.9 Å². The van der Waals surface area contributed by atoms with Crippen molar-refractivity contribution < 1.29 is 9.53 Å². The highest BCUT2D eigenvalue weighted by Gasteiger charge is 2.22. The molecule has 7 nitrogen and oxygen atoms in total. The molecule has 0 radical (unpaired) electrons. The molecule has 3 heterocycles. The number of nitrogens with one attached hydrogen (secondary N) is 1. The minimum Gasteiger partial charge on any atom is -0.493 e. The molecule has 0 spiro atoms. The van der Waals surface area contributed by atoms with Crippen molar-refractivity contribution in [3.63, 3.8) is 0 Å². The number of benzene rings is 1. The SMILES string of the molecule is Cc1nc(-c2nnc3n2CCC(NC(=O)CCOc2ccccc2)CC3)cs1. The quantitative estimate of drug-likeness (QED) is 0.691. The van der Waals surface area contributed by atoms with E-state index < -0.39 is 0 Å². The Morgan fingerprint density at radius 2 is 2.14 bits per heavy atom. The molecule has 0 bridgehead atoms. The minimum absolute atomic E-state index is 0.0222. The maximum atomic E-state index is 12.3. The zero-order valence-corrected chi connectivity index (χ0v) is 16.6. The Morgan fingerprint density at radius 3 is 2.93 bits per heavy atom. The molecule has 8 heteroatoms. The molecule has 1 aromatic carbocycles. The van der Waals surface area contributed by atoms with Gasteiger partial charge in [0.05, 0.1) is 18.0 Å². The van der Waals surface area contributed by atoms with E-state index >= 15 is 0 Å². The fraction of sp³-hybridized carbons (Fsp3) is 0.400. The lowest BCUT2D eigenvalue weighted by molar-refractivity contribution is -0.122. The van der Waals surface area contributed by atoms with Crippen LogP contribution in [-0.2, 0) is 17.8 Å². The van der Waals surface area contributed by atoms with E-state index in [1.807, 2.05) is 42.6 Å². The Kier molecular flexibility index (Phi) is 5.66. The van der Waals surface area contributed by atoms with Crippen LogP contribution in [0.15, 0.2) is 35.7 Å². The van der Waals surface area contributed by atoms with Crippen molar-refractivity contribution in [1.82, 2.24) is 25.1 Å². The first-order valence-electron chi connectivity index (χ1n) is 9.51. The molecule has 1 atom stereocenters. The molecule has 0 aliphatic carbocycles. The van der Waals surface area contributed by atoms with Crippen LogP contribution in [-0.4, -0.2) is 38.3 Å². The maximum Gasteiger partial charge on any atom is 0.223 e. The number of rotatable bonds is 6. The summed E-state index contributed by atoms with van der Waals surface area (Å²) < 4.78 is 7.74. The lowest BCUT2D eigenvalue weighted by Crippen LogP contribution is -2.35. The second kappa shape index (κ2) is 8.52. The van der Waals surface area contributed by atoms with Gasteiger partial charge in [-0.3, -0.25) is 4.79 Å². The van der Waals surface area contributed by atoms with Gasteiger partial charge in [-0.15, -0.1) is 21.5 Å². The average molecular weight is 398 g/mol. The van der Waals surface area contributed by atoms with Crippen molar-refractivity contribution in [1.29, 1.82) is 0 Å². The van der Waals surface area contributed by atoms with Crippen LogP contribution >= 0.6 is 11.3 Å². The molecule has 1 N–H and O–H groups in total. The third-order valence-electron chi connectivity index (χ3n) is 4.80. The number of thiazole rings is 1. The van der Waals surface area contributed by atoms with Crippen LogP contribution in [0, 0.1) is 6.92 Å². The number of hydrogen-bond acceptors (Lipinski definition) is 6. The third-order valence-corrected chi connectivity index (χ3v) is 5.57. The van der Waals surface area contributed by atoms with Crippen molar-refractivity contribution in [2.45, 2.75) is 45.2 Å². The summed E-state index contributed by atoms with van der Waals surface area (Å²) in [4.78, 5) is 16.8. The number of nitrogens with zero attached hydrogens (tertiary/aromatic N) is 4. The van der Waals surface area contributed by atoms with Gasteiger partial charge in [0.25, 0.3) is 0 Å². The molecule has 2 aromatic heterocycles. The summed E-state index contributed by atoms with van der Waals surface area (Å²) in [6.07, 6.45) is 2.86. The monoisotopic (exact) mass is 397 g/mol. The molecule has 1 aliphatic heterocycles. The topological polar surface area (TPSA) is 81.9 Å². The molecule has 0 fully saturated rings. The van der Waals surface area contributed by atoms with Crippen molar-refractivity contribution in [2.75, 3.05) is 6.61 Å². The van der Waals surface area contributed by atoms with E-state index in [9.17, 15) is 4.79 Å². The number of ether oxygens (including phenoxy) is 1. The maximum absolute atomic E-state index is 12.3. The first kappa shape index (κ1) is 18.6. The molecule has 28 heavy (non-hydrogen) atoms. The third kappa shape index (κ3) is 4.39. The van der Waals surface area contributed by atoms with Crippen molar-refractivity contribution in [3.8, 4) is 17.3 Å². The Labute approximate surface area is 167 Å². The first-order valence-corrected chi connectivity index (χ1v) is 10.4. The van der Waals surface area contributed by atoms with Gasteiger partial charge in [0.1, 0.15) is 17.3 Å². The van der Waals surface area contributed by atoms with E-state index in [1.165, 1.54) is 0 Å². The van der Waals surface area contributed by atoms with Gasteiger partial charge in [-0.05, 0) is 31.9 Å². The Hall–Kier alpha value is -2.74. The molecule has 0 saturated carbocycles. The van der Waals surface area contributed by atoms with Gasteiger partial charge in [-0.1, -0.05) is 18.2 Å². The van der Waals surface area contributed by atoms with Crippen LogP contribution in [0.3, 0.4) is 0 Å². The summed E-state index contributed by atoms with van der Waals surface area (Å²) in [7, 11) is 0. The Balaban J connectivity index is 1.29. The van der Waals surface area contributed by atoms with Crippen molar-refractivity contribution >= 4 is 17.2 Å². The van der Waals surface area contributed by atoms with Gasteiger partial charge in [-0.25, -0.2) is 4.98 Å². The van der Waals surface area contributed by atoms with Gasteiger partial charge in [0.2, 0.25) is 5.91 Å². The number of carbonyl (C=O) groups is 1. The number of aromatic nitrogens is 4. The van der Waals surface area contributed by atoms with Crippen LogP contribution in [0.2, 0.25) is 0 Å². The first-order chi connectivity index (χ1) is 13.7. The summed E-state index contributed by atoms with van der Waals surface area (Å²) in [5, 5.41) is 14.8. The van der Waals surface area contributed by atoms with E-state index in [1.54, 1.807) is 11.3 Å². The van der Waals surface area contributed by atoms with Crippen LogP contribution in [0.5, 0.6) is 5.75 Å². The zero-order valence-electron chi connectivity index (χ0n) is 15.8. The molecular weight excluding hydrogens is 374 g/mol. The summed E-state index contributed by atoms with van der Waals surface area (Å²) in [5.74, 6) is 2.59. The predicted molar refractivity (Wildman–Crippen MR) is 107 cm³/mol. The van der Waals surface area contributed by atoms with Crippen LogP contribution in [0.1, 0.15) is 30.1 Å². The molecule has 1 unspecified atom stereocenters. The molecule has 3 aromatic rings. The highest BCUT2D eigenvalue weighted by molar-refractivity contribution is 7.09. The molecule has 1 amide bonds. The van der Waals surface area contributed by atoms with Crippen LogP contribution in [0.25, 0.3) is 11.5 Å². The molecular formula is C20H23N5O2S. The highest BCUT2D eigenvalue weighted by atomic mass is 32.1. The zero-order chi connectivity index (χ0) is 19.3. The second-order valence-electron chi connectivity index (χ2n) is 6.85. The number of aryl methyl sites for hydroxylation is 2. The largest absolute Gasteiger partial charge is 0.493 e. The Bertz CT molecular complexity index is 937. The fourth-order valence-electron chi connectivity index (χ4n) is 3.37. The summed E-state index contributed by atoms with van der Waals surface area (Å²) in [5.41, 5.74) is 0.877. The number of hydrogen-bond donors (Lipinski definition) is 1. The summed E-state index contributed by atoms with van der Waals surface area (Å²) in [6, 6.07) is 9.68. The predicted octanol–water partition coefficient (Wildman–Crippen LogP) is 3.00. The number of carbonyl (C=O) groups excluding carboxylic acids is 1. The van der Waals surface area contributed by atoms with E-state index in [0.29, 0.717) is 13.0 Å². The average Bonchev–Trinajstić information content (AvgIpc) is 3.25. The van der Waals surface area contributed by atoms with Crippen molar-refractivity contribution in [3.05, 3.63) is 46.5 Å². The molecule has 4 rings (SSSR count). The van der Waals surface area contributed by atoms with Gasteiger partial charge >= 0.3 is 0 Å². The van der Waals surface area contributed by atoms with Gasteiger partial charge < -0.3 is 14.6 Å². The summed E-state index contributed by atoms with van der Waals surface area (Å²) in [6.45, 7) is 3.14.